The van der Waals surface area contributed by atoms with Crippen LogP contribution in [-0.2, 0) is 25.7 Å². The summed E-state index contributed by atoms with van der Waals surface area (Å²) < 4.78 is 44.8. The number of aryl methyl sites for hydroxylation is 1. The van der Waals surface area contributed by atoms with Gasteiger partial charge in [0.1, 0.15) is 17.3 Å². The second kappa shape index (κ2) is 7.22. The van der Waals surface area contributed by atoms with Crippen molar-refractivity contribution in [2.24, 2.45) is 0 Å². The van der Waals surface area contributed by atoms with E-state index in [2.05, 4.69) is 14.9 Å². The van der Waals surface area contributed by atoms with Gasteiger partial charge >= 0.3 is 6.18 Å². The number of aromatic nitrogens is 2. The van der Waals surface area contributed by atoms with Crippen LogP contribution in [0.3, 0.4) is 0 Å². The Balaban J connectivity index is 1.52. The lowest BCUT2D eigenvalue weighted by Crippen LogP contribution is -2.30. The van der Waals surface area contributed by atoms with E-state index in [1.54, 1.807) is 12.1 Å². The average molecular weight is 408 g/mol. The molecule has 0 N–H and O–H groups in total. The van der Waals surface area contributed by atoms with E-state index < -0.39 is 11.7 Å². The lowest BCUT2D eigenvalue weighted by atomic mass is 10.1. The van der Waals surface area contributed by atoms with Crippen LogP contribution in [0.2, 0.25) is 5.02 Å². The fourth-order valence-electron chi connectivity index (χ4n) is 3.33. The summed E-state index contributed by atoms with van der Waals surface area (Å²) in [5.74, 6) is 1.75. The van der Waals surface area contributed by atoms with Crippen molar-refractivity contribution in [3.05, 3.63) is 70.0 Å². The van der Waals surface area contributed by atoms with E-state index in [4.69, 9.17) is 16.0 Å². The number of nitrogens with zero attached hydrogens (tertiary/aromatic N) is 3. The summed E-state index contributed by atoms with van der Waals surface area (Å²) in [4.78, 5) is 10.9. The second-order valence-electron chi connectivity index (χ2n) is 6.81. The molecule has 1 aliphatic rings. The van der Waals surface area contributed by atoms with Crippen LogP contribution in [0.25, 0.3) is 11.3 Å². The number of furan rings is 1. The number of hydrogen-bond acceptors (Lipinski definition) is 4. The monoisotopic (exact) mass is 407 g/mol. The summed E-state index contributed by atoms with van der Waals surface area (Å²) in [5.41, 5.74) is 1.63. The topological polar surface area (TPSA) is 42.2 Å². The molecule has 0 spiro atoms. The van der Waals surface area contributed by atoms with Crippen molar-refractivity contribution in [2.45, 2.75) is 32.6 Å². The number of fused-ring (bicyclic) bond motifs is 1. The van der Waals surface area contributed by atoms with Gasteiger partial charge in [-0.1, -0.05) is 11.6 Å². The van der Waals surface area contributed by atoms with Crippen LogP contribution in [0.1, 0.15) is 28.4 Å². The fourth-order valence-corrected chi connectivity index (χ4v) is 3.54. The van der Waals surface area contributed by atoms with Crippen LogP contribution in [0.5, 0.6) is 0 Å². The Bertz CT molecular complexity index is 1020. The molecule has 146 valence electrons. The van der Waals surface area contributed by atoms with Crippen molar-refractivity contribution >= 4 is 11.6 Å². The van der Waals surface area contributed by atoms with Gasteiger partial charge in [0.05, 0.1) is 17.1 Å². The SMILES string of the molecule is Cc1ncc2c(n1)CCN(Cc1ccc(-c3cc(C(F)(F)F)ccc3Cl)o1)C2. The Morgan fingerprint density at radius 3 is 2.82 bits per heavy atom. The van der Waals surface area contributed by atoms with Gasteiger partial charge < -0.3 is 4.42 Å². The van der Waals surface area contributed by atoms with Crippen molar-refractivity contribution in [3.63, 3.8) is 0 Å². The predicted octanol–water partition coefficient (Wildman–Crippen LogP) is 5.28. The van der Waals surface area contributed by atoms with Crippen molar-refractivity contribution in [1.82, 2.24) is 14.9 Å². The first-order chi connectivity index (χ1) is 13.3. The molecule has 0 bridgehead atoms. The largest absolute Gasteiger partial charge is 0.460 e. The second-order valence-corrected chi connectivity index (χ2v) is 7.22. The number of halogens is 4. The maximum Gasteiger partial charge on any atom is 0.416 e. The van der Waals surface area contributed by atoms with E-state index in [0.717, 1.165) is 42.2 Å². The van der Waals surface area contributed by atoms with Gasteiger partial charge in [-0.05, 0) is 37.3 Å². The molecule has 0 fully saturated rings. The first-order valence-corrected chi connectivity index (χ1v) is 9.17. The summed E-state index contributed by atoms with van der Waals surface area (Å²) in [5, 5.41) is 0.216. The molecule has 4 rings (SSSR count). The molecule has 3 heterocycles. The Morgan fingerprint density at radius 2 is 2.04 bits per heavy atom. The standard InChI is InChI=1S/C20H17ClF3N3O/c1-12-25-9-13-10-27(7-6-18(13)26-12)11-15-3-5-19(28-15)16-8-14(20(22,23)24)2-4-17(16)21/h2-5,8-9H,6-7,10-11H2,1H3. The maximum atomic E-state index is 13.0. The highest BCUT2D eigenvalue weighted by Crippen LogP contribution is 2.36. The molecule has 0 aliphatic carbocycles. The quantitative estimate of drug-likeness (QED) is 0.592. The van der Waals surface area contributed by atoms with Crippen molar-refractivity contribution < 1.29 is 17.6 Å². The van der Waals surface area contributed by atoms with Gasteiger partial charge in [0.2, 0.25) is 0 Å². The van der Waals surface area contributed by atoms with Gasteiger partial charge in [0, 0.05) is 42.5 Å². The van der Waals surface area contributed by atoms with E-state index in [-0.39, 0.29) is 10.6 Å². The van der Waals surface area contributed by atoms with Gasteiger partial charge in [0.25, 0.3) is 0 Å². The molecule has 3 aromatic rings. The van der Waals surface area contributed by atoms with Gasteiger partial charge in [-0.3, -0.25) is 4.90 Å². The van der Waals surface area contributed by atoms with Crippen LogP contribution >= 0.6 is 11.6 Å². The highest BCUT2D eigenvalue weighted by atomic mass is 35.5. The first kappa shape index (κ1) is 19.0. The summed E-state index contributed by atoms with van der Waals surface area (Å²) in [6.07, 6.45) is -1.76. The molecule has 0 radical (unpaired) electrons. The molecule has 4 nitrogen and oxygen atoms in total. The Hall–Kier alpha value is -2.38. The van der Waals surface area contributed by atoms with E-state index in [1.165, 1.54) is 6.07 Å². The van der Waals surface area contributed by atoms with E-state index >= 15 is 0 Å². The van der Waals surface area contributed by atoms with Gasteiger partial charge in [0.15, 0.2) is 0 Å². The van der Waals surface area contributed by atoms with Crippen LogP contribution in [0.15, 0.2) is 40.9 Å². The minimum Gasteiger partial charge on any atom is -0.460 e. The first-order valence-electron chi connectivity index (χ1n) is 8.79. The van der Waals surface area contributed by atoms with Crippen LogP contribution < -0.4 is 0 Å². The lowest BCUT2D eigenvalue weighted by molar-refractivity contribution is -0.137. The number of benzene rings is 1. The van der Waals surface area contributed by atoms with E-state index in [0.29, 0.717) is 24.6 Å². The van der Waals surface area contributed by atoms with Gasteiger partial charge in [-0.15, -0.1) is 0 Å². The zero-order chi connectivity index (χ0) is 19.9. The molecule has 28 heavy (non-hydrogen) atoms. The molecule has 0 unspecified atom stereocenters. The van der Waals surface area contributed by atoms with E-state index in [9.17, 15) is 13.2 Å². The molecule has 8 heteroatoms. The van der Waals surface area contributed by atoms with Crippen LogP contribution in [0, 0.1) is 6.92 Å². The molecule has 0 saturated heterocycles. The van der Waals surface area contributed by atoms with Crippen molar-refractivity contribution in [3.8, 4) is 11.3 Å². The molecule has 1 aromatic carbocycles. The zero-order valence-corrected chi connectivity index (χ0v) is 15.8. The average Bonchev–Trinajstić information content (AvgIpc) is 3.09. The predicted molar refractivity (Wildman–Crippen MR) is 98.7 cm³/mol. The van der Waals surface area contributed by atoms with Crippen molar-refractivity contribution in [1.29, 1.82) is 0 Å². The Kier molecular flexibility index (Phi) is 4.89. The third kappa shape index (κ3) is 3.91. The van der Waals surface area contributed by atoms with E-state index in [1.807, 2.05) is 13.1 Å². The number of alkyl halides is 3. The summed E-state index contributed by atoms with van der Waals surface area (Å²) >= 11 is 6.10. The number of hydrogen-bond donors (Lipinski definition) is 0. The number of rotatable bonds is 3. The smallest absolute Gasteiger partial charge is 0.416 e. The van der Waals surface area contributed by atoms with Gasteiger partial charge in [-0.2, -0.15) is 13.2 Å². The minimum absolute atomic E-state index is 0.216. The highest BCUT2D eigenvalue weighted by Gasteiger charge is 2.31. The van der Waals surface area contributed by atoms with Crippen LogP contribution in [0.4, 0.5) is 13.2 Å². The third-order valence-corrected chi connectivity index (χ3v) is 5.06. The third-order valence-electron chi connectivity index (χ3n) is 4.73. The zero-order valence-electron chi connectivity index (χ0n) is 15.1. The molecule has 0 amide bonds. The molecule has 0 atom stereocenters. The molecular formula is C20H17ClF3N3O. The van der Waals surface area contributed by atoms with Gasteiger partial charge in [-0.25, -0.2) is 9.97 Å². The molecular weight excluding hydrogens is 391 g/mol. The molecule has 2 aromatic heterocycles. The summed E-state index contributed by atoms with van der Waals surface area (Å²) in [6.45, 7) is 3.94. The minimum atomic E-state index is -4.43. The Labute approximate surface area is 165 Å². The maximum absolute atomic E-state index is 13.0. The molecule has 1 aliphatic heterocycles. The summed E-state index contributed by atoms with van der Waals surface area (Å²) in [6, 6.07) is 6.64. The molecule has 0 saturated carbocycles. The fraction of sp³-hybridized carbons (Fsp3) is 0.300. The van der Waals surface area contributed by atoms with Crippen molar-refractivity contribution in [2.75, 3.05) is 6.54 Å². The van der Waals surface area contributed by atoms with Crippen LogP contribution in [-0.4, -0.2) is 21.4 Å². The normalized spacial score (nSPS) is 14.9. The lowest BCUT2D eigenvalue weighted by Gasteiger charge is -2.27. The Morgan fingerprint density at radius 1 is 1.21 bits per heavy atom. The summed E-state index contributed by atoms with van der Waals surface area (Å²) in [7, 11) is 0. The highest BCUT2D eigenvalue weighted by molar-refractivity contribution is 6.33.